The fourth-order valence-electron chi connectivity index (χ4n) is 2.70. The van der Waals surface area contributed by atoms with Crippen LogP contribution in [0.5, 0.6) is 5.75 Å². The molecular weight excluding hydrogens is 248 g/mol. The Labute approximate surface area is 120 Å². The van der Waals surface area contributed by atoms with Gasteiger partial charge in [0.25, 0.3) is 0 Å². The molecular formula is C18H20O2. The van der Waals surface area contributed by atoms with Crippen molar-refractivity contribution in [1.29, 1.82) is 0 Å². The molecule has 104 valence electrons. The van der Waals surface area contributed by atoms with E-state index in [1.807, 2.05) is 25.1 Å². The lowest BCUT2D eigenvalue weighted by Crippen LogP contribution is -2.23. The first-order valence-corrected chi connectivity index (χ1v) is 7.05. The third-order valence-corrected chi connectivity index (χ3v) is 4.32. The van der Waals surface area contributed by atoms with Gasteiger partial charge in [-0.1, -0.05) is 24.3 Å². The minimum Gasteiger partial charge on any atom is -0.493 e. The summed E-state index contributed by atoms with van der Waals surface area (Å²) >= 11 is 0. The van der Waals surface area contributed by atoms with E-state index >= 15 is 0 Å². The summed E-state index contributed by atoms with van der Waals surface area (Å²) in [5.74, 6) is 0.949. The second-order valence-corrected chi connectivity index (χ2v) is 5.79. The lowest BCUT2D eigenvalue weighted by atomic mass is 9.86. The van der Waals surface area contributed by atoms with Crippen LogP contribution in [-0.4, -0.2) is 11.7 Å². The van der Waals surface area contributed by atoms with Crippen LogP contribution in [0.2, 0.25) is 0 Å². The van der Waals surface area contributed by atoms with E-state index in [1.165, 1.54) is 16.7 Å². The van der Waals surface area contributed by atoms with Crippen LogP contribution in [0.3, 0.4) is 0 Å². The second kappa shape index (κ2) is 4.64. The van der Waals surface area contributed by atoms with Gasteiger partial charge in [0, 0.05) is 6.42 Å². The highest BCUT2D eigenvalue weighted by molar-refractivity contribution is 5.45. The van der Waals surface area contributed by atoms with Crippen molar-refractivity contribution in [3.63, 3.8) is 0 Å². The van der Waals surface area contributed by atoms with Crippen molar-refractivity contribution in [1.82, 2.24) is 0 Å². The van der Waals surface area contributed by atoms with E-state index in [-0.39, 0.29) is 0 Å². The van der Waals surface area contributed by atoms with E-state index in [4.69, 9.17) is 4.74 Å². The van der Waals surface area contributed by atoms with Crippen LogP contribution >= 0.6 is 0 Å². The minimum absolute atomic E-state index is 0.741. The van der Waals surface area contributed by atoms with Gasteiger partial charge in [0.1, 0.15) is 11.4 Å². The first kappa shape index (κ1) is 13.2. The molecule has 2 heteroatoms. The monoisotopic (exact) mass is 268 g/mol. The Morgan fingerprint density at radius 1 is 1.00 bits per heavy atom. The Kier molecular flexibility index (Phi) is 3.06. The second-order valence-electron chi connectivity index (χ2n) is 5.79. The van der Waals surface area contributed by atoms with Crippen LogP contribution in [-0.2, 0) is 12.0 Å². The molecule has 0 saturated heterocycles. The first-order chi connectivity index (χ1) is 9.48. The molecule has 0 aliphatic carbocycles. The summed E-state index contributed by atoms with van der Waals surface area (Å²) in [7, 11) is 0. The normalized spacial score (nSPS) is 16.4. The maximum Gasteiger partial charge on any atom is 0.122 e. The molecule has 1 heterocycles. The highest BCUT2D eigenvalue weighted by Crippen LogP contribution is 2.34. The lowest BCUT2D eigenvalue weighted by molar-refractivity contribution is 0.102. The van der Waals surface area contributed by atoms with E-state index in [2.05, 4.69) is 32.0 Å². The molecule has 1 unspecified atom stereocenters. The lowest BCUT2D eigenvalue weighted by Gasteiger charge is -2.26. The Bertz CT molecular complexity index is 656. The molecule has 0 bridgehead atoms. The molecule has 0 saturated carbocycles. The van der Waals surface area contributed by atoms with Crippen molar-refractivity contribution >= 4 is 0 Å². The topological polar surface area (TPSA) is 29.5 Å². The standard InChI is InChI=1S/C18H20O2/c1-12-4-5-15(10-13(12)2)18(3,19)16-6-7-17-14(11-16)8-9-20-17/h4-7,10-11,19H,8-9H2,1-3H3. The summed E-state index contributed by atoms with van der Waals surface area (Å²) in [5, 5.41) is 11.0. The number of hydrogen-bond donors (Lipinski definition) is 1. The number of rotatable bonds is 2. The van der Waals surface area contributed by atoms with Crippen LogP contribution in [0.15, 0.2) is 36.4 Å². The SMILES string of the molecule is Cc1ccc(C(C)(O)c2ccc3c(c2)CCO3)cc1C. The molecule has 1 aliphatic rings. The number of fused-ring (bicyclic) bond motifs is 1. The van der Waals surface area contributed by atoms with E-state index in [0.29, 0.717) is 0 Å². The van der Waals surface area contributed by atoms with Crippen LogP contribution in [0.1, 0.15) is 34.7 Å². The molecule has 0 amide bonds. The van der Waals surface area contributed by atoms with Gasteiger partial charge in [0.15, 0.2) is 0 Å². The quantitative estimate of drug-likeness (QED) is 0.903. The predicted octanol–water partition coefficient (Wildman–Crippen LogP) is 3.49. The average molecular weight is 268 g/mol. The van der Waals surface area contributed by atoms with E-state index in [9.17, 15) is 5.11 Å². The summed E-state index contributed by atoms with van der Waals surface area (Å²) in [5.41, 5.74) is 4.51. The molecule has 0 spiro atoms. The Balaban J connectivity index is 2.04. The molecule has 0 radical (unpaired) electrons. The van der Waals surface area contributed by atoms with E-state index in [1.54, 1.807) is 0 Å². The van der Waals surface area contributed by atoms with Gasteiger partial charge in [-0.2, -0.15) is 0 Å². The molecule has 0 fully saturated rings. The summed E-state index contributed by atoms with van der Waals surface area (Å²) in [6.45, 7) is 6.76. The van der Waals surface area contributed by atoms with Crippen LogP contribution in [0, 0.1) is 13.8 Å². The van der Waals surface area contributed by atoms with Crippen molar-refractivity contribution in [3.8, 4) is 5.75 Å². The highest BCUT2D eigenvalue weighted by atomic mass is 16.5. The third kappa shape index (κ3) is 2.10. The summed E-state index contributed by atoms with van der Waals surface area (Å²) in [4.78, 5) is 0. The number of aryl methyl sites for hydroxylation is 2. The Morgan fingerprint density at radius 3 is 2.45 bits per heavy atom. The van der Waals surface area contributed by atoms with Crippen LogP contribution in [0.25, 0.3) is 0 Å². The summed E-state index contributed by atoms with van der Waals surface area (Å²) < 4.78 is 5.53. The maximum absolute atomic E-state index is 11.0. The van der Waals surface area contributed by atoms with Crippen molar-refractivity contribution < 1.29 is 9.84 Å². The highest BCUT2D eigenvalue weighted by Gasteiger charge is 2.27. The van der Waals surface area contributed by atoms with Gasteiger partial charge in [-0.15, -0.1) is 0 Å². The summed E-state index contributed by atoms with van der Waals surface area (Å²) in [6.07, 6.45) is 0.923. The number of benzene rings is 2. The zero-order chi connectivity index (χ0) is 14.3. The van der Waals surface area contributed by atoms with Crippen molar-refractivity contribution in [2.45, 2.75) is 32.8 Å². The Morgan fingerprint density at radius 2 is 1.70 bits per heavy atom. The fraction of sp³-hybridized carbons (Fsp3) is 0.333. The molecule has 0 aromatic heterocycles. The molecule has 1 aliphatic heterocycles. The summed E-state index contributed by atoms with van der Waals surface area (Å²) in [6, 6.07) is 12.1. The molecule has 20 heavy (non-hydrogen) atoms. The maximum atomic E-state index is 11.0. The van der Waals surface area contributed by atoms with Crippen LogP contribution < -0.4 is 4.74 Å². The zero-order valence-electron chi connectivity index (χ0n) is 12.2. The molecule has 1 atom stereocenters. The predicted molar refractivity (Wildman–Crippen MR) is 80.2 cm³/mol. The smallest absolute Gasteiger partial charge is 0.122 e. The van der Waals surface area contributed by atoms with Gasteiger partial charge in [-0.05, 0) is 60.7 Å². The van der Waals surface area contributed by atoms with Gasteiger partial charge < -0.3 is 9.84 Å². The van der Waals surface area contributed by atoms with Crippen molar-refractivity contribution in [2.24, 2.45) is 0 Å². The largest absolute Gasteiger partial charge is 0.493 e. The van der Waals surface area contributed by atoms with Gasteiger partial charge in [-0.3, -0.25) is 0 Å². The van der Waals surface area contributed by atoms with Crippen molar-refractivity contribution in [3.05, 3.63) is 64.2 Å². The fourth-order valence-corrected chi connectivity index (χ4v) is 2.70. The molecule has 2 aromatic carbocycles. The Hall–Kier alpha value is -1.80. The van der Waals surface area contributed by atoms with Gasteiger partial charge in [-0.25, -0.2) is 0 Å². The first-order valence-electron chi connectivity index (χ1n) is 7.05. The van der Waals surface area contributed by atoms with Gasteiger partial charge in [0.2, 0.25) is 0 Å². The van der Waals surface area contributed by atoms with Gasteiger partial charge >= 0.3 is 0 Å². The number of ether oxygens (including phenoxy) is 1. The van der Waals surface area contributed by atoms with E-state index in [0.717, 1.165) is 29.9 Å². The zero-order valence-corrected chi connectivity index (χ0v) is 12.2. The van der Waals surface area contributed by atoms with Crippen LogP contribution in [0.4, 0.5) is 0 Å². The number of hydrogen-bond acceptors (Lipinski definition) is 2. The minimum atomic E-state index is -0.976. The van der Waals surface area contributed by atoms with E-state index < -0.39 is 5.60 Å². The molecule has 3 rings (SSSR count). The molecule has 2 nitrogen and oxygen atoms in total. The molecule has 2 aromatic rings. The number of aliphatic hydroxyl groups is 1. The van der Waals surface area contributed by atoms with Gasteiger partial charge in [0.05, 0.1) is 6.61 Å². The molecule has 1 N–H and O–H groups in total. The van der Waals surface area contributed by atoms with Crippen molar-refractivity contribution in [2.75, 3.05) is 6.61 Å². The third-order valence-electron chi connectivity index (χ3n) is 4.32. The average Bonchev–Trinajstić information content (AvgIpc) is 2.89.